The van der Waals surface area contributed by atoms with Crippen LogP contribution < -0.4 is 0 Å². The van der Waals surface area contributed by atoms with Gasteiger partial charge in [-0.1, -0.05) is 29.8 Å². The second-order valence-electron chi connectivity index (χ2n) is 7.51. The third-order valence-electron chi connectivity index (χ3n) is 5.53. The summed E-state index contributed by atoms with van der Waals surface area (Å²) >= 11 is 5.60. The van der Waals surface area contributed by atoms with Crippen LogP contribution in [-0.2, 0) is 23.2 Å². The van der Waals surface area contributed by atoms with Crippen molar-refractivity contribution in [3.63, 3.8) is 0 Å². The van der Waals surface area contributed by atoms with Crippen molar-refractivity contribution in [1.29, 1.82) is 0 Å². The molecule has 1 aliphatic heterocycles. The minimum Gasteiger partial charge on any atom is -0.350 e. The number of fused-ring (bicyclic) bond motifs is 1. The van der Waals surface area contributed by atoms with Gasteiger partial charge in [0, 0.05) is 50.3 Å². The van der Waals surface area contributed by atoms with Crippen LogP contribution in [-0.4, -0.2) is 54.3 Å². The van der Waals surface area contributed by atoms with Gasteiger partial charge in [-0.2, -0.15) is 17.5 Å². The van der Waals surface area contributed by atoms with E-state index in [4.69, 9.17) is 11.6 Å². The standard InChI is InChI=1S/C21H19ClF3N3O3S/c1-26-13-16(15-4-2-3-5-19(15)26)20(29)27-8-10-28(11-9-27)32(30,31)14-6-7-18(22)17(12-14)21(23,24)25/h2-7,12-13H,8-11H2,1H3. The molecule has 1 amide bonds. The lowest BCUT2D eigenvalue weighted by Gasteiger charge is -2.34. The minimum atomic E-state index is -4.77. The first-order valence-electron chi connectivity index (χ1n) is 9.70. The molecule has 32 heavy (non-hydrogen) atoms. The SMILES string of the molecule is Cn1cc(C(=O)N2CCN(S(=O)(=O)c3ccc(Cl)c(C(F)(F)F)c3)CC2)c2ccccc21. The fraction of sp³-hybridized carbons (Fsp3) is 0.286. The maximum atomic E-state index is 13.1. The van der Waals surface area contributed by atoms with E-state index in [1.807, 2.05) is 35.9 Å². The highest BCUT2D eigenvalue weighted by Gasteiger charge is 2.36. The van der Waals surface area contributed by atoms with Gasteiger partial charge in [0.05, 0.1) is 21.0 Å². The molecule has 0 bridgehead atoms. The number of aromatic nitrogens is 1. The molecule has 2 aromatic carbocycles. The van der Waals surface area contributed by atoms with Crippen LogP contribution in [0.1, 0.15) is 15.9 Å². The molecule has 11 heteroatoms. The maximum Gasteiger partial charge on any atom is 0.417 e. The number of nitrogens with zero attached hydrogens (tertiary/aromatic N) is 3. The summed E-state index contributed by atoms with van der Waals surface area (Å²) in [6.45, 7) is 0.202. The van der Waals surface area contributed by atoms with Gasteiger partial charge in [-0.05, 0) is 24.3 Å². The summed E-state index contributed by atoms with van der Waals surface area (Å²) in [7, 11) is -2.34. The van der Waals surface area contributed by atoms with Crippen molar-refractivity contribution in [1.82, 2.24) is 13.8 Å². The van der Waals surface area contributed by atoms with Gasteiger partial charge in [0.1, 0.15) is 0 Å². The number of sulfonamides is 1. The second-order valence-corrected chi connectivity index (χ2v) is 9.85. The van der Waals surface area contributed by atoms with E-state index in [-0.39, 0.29) is 32.1 Å². The number of amides is 1. The molecule has 0 unspecified atom stereocenters. The largest absolute Gasteiger partial charge is 0.417 e. The van der Waals surface area contributed by atoms with Crippen molar-refractivity contribution in [2.75, 3.05) is 26.2 Å². The number of hydrogen-bond acceptors (Lipinski definition) is 3. The monoisotopic (exact) mass is 485 g/mol. The highest BCUT2D eigenvalue weighted by atomic mass is 35.5. The van der Waals surface area contributed by atoms with Crippen molar-refractivity contribution in [3.8, 4) is 0 Å². The first kappa shape index (κ1) is 22.6. The molecule has 3 aromatic rings. The number of halogens is 4. The molecular formula is C21H19ClF3N3O3S. The number of carbonyl (C=O) groups excluding carboxylic acids is 1. The van der Waals surface area contributed by atoms with E-state index < -0.39 is 31.7 Å². The smallest absolute Gasteiger partial charge is 0.350 e. The van der Waals surface area contributed by atoms with E-state index in [0.717, 1.165) is 27.3 Å². The van der Waals surface area contributed by atoms with E-state index in [9.17, 15) is 26.4 Å². The van der Waals surface area contributed by atoms with E-state index in [2.05, 4.69) is 0 Å². The zero-order chi connectivity index (χ0) is 23.3. The molecule has 0 spiro atoms. The van der Waals surface area contributed by atoms with Crippen LogP contribution >= 0.6 is 11.6 Å². The molecule has 2 heterocycles. The number of para-hydroxylation sites is 1. The lowest BCUT2D eigenvalue weighted by molar-refractivity contribution is -0.137. The van der Waals surface area contributed by atoms with Crippen LogP contribution in [0.25, 0.3) is 10.9 Å². The zero-order valence-corrected chi connectivity index (χ0v) is 18.5. The predicted molar refractivity (Wildman–Crippen MR) is 114 cm³/mol. The van der Waals surface area contributed by atoms with Crippen LogP contribution in [0.5, 0.6) is 0 Å². The summed E-state index contributed by atoms with van der Waals surface area (Å²) in [5.74, 6) is -0.218. The van der Waals surface area contributed by atoms with Gasteiger partial charge in [0.2, 0.25) is 10.0 Å². The van der Waals surface area contributed by atoms with Crippen LogP contribution in [0, 0.1) is 0 Å². The van der Waals surface area contributed by atoms with E-state index in [1.54, 1.807) is 11.1 Å². The third-order valence-corrected chi connectivity index (χ3v) is 7.76. The lowest BCUT2D eigenvalue weighted by Crippen LogP contribution is -2.50. The number of carbonyl (C=O) groups is 1. The van der Waals surface area contributed by atoms with Gasteiger partial charge in [0.15, 0.2) is 0 Å². The second kappa shape index (κ2) is 8.09. The van der Waals surface area contributed by atoms with Gasteiger partial charge >= 0.3 is 6.18 Å². The average Bonchev–Trinajstić information content (AvgIpc) is 3.09. The summed E-state index contributed by atoms with van der Waals surface area (Å²) in [4.78, 5) is 14.1. The molecule has 0 aliphatic carbocycles. The van der Waals surface area contributed by atoms with Crippen LogP contribution in [0.3, 0.4) is 0 Å². The molecule has 1 aromatic heterocycles. The van der Waals surface area contributed by atoms with E-state index in [1.165, 1.54) is 0 Å². The van der Waals surface area contributed by atoms with E-state index in [0.29, 0.717) is 11.6 Å². The Balaban J connectivity index is 1.53. The Morgan fingerprint density at radius 1 is 1.03 bits per heavy atom. The molecule has 1 fully saturated rings. The van der Waals surface area contributed by atoms with Crippen molar-refractivity contribution in [3.05, 3.63) is 64.8 Å². The van der Waals surface area contributed by atoms with Crippen molar-refractivity contribution in [2.45, 2.75) is 11.1 Å². The van der Waals surface area contributed by atoms with Gasteiger partial charge < -0.3 is 9.47 Å². The van der Waals surface area contributed by atoms with Gasteiger partial charge in [-0.3, -0.25) is 4.79 Å². The highest BCUT2D eigenvalue weighted by molar-refractivity contribution is 7.89. The lowest BCUT2D eigenvalue weighted by atomic mass is 10.1. The zero-order valence-electron chi connectivity index (χ0n) is 16.9. The minimum absolute atomic E-state index is 0.0250. The van der Waals surface area contributed by atoms with Crippen LogP contribution in [0.2, 0.25) is 5.02 Å². The van der Waals surface area contributed by atoms with Crippen LogP contribution in [0.15, 0.2) is 53.6 Å². The molecule has 4 rings (SSSR count). The van der Waals surface area contributed by atoms with E-state index >= 15 is 0 Å². The molecule has 0 N–H and O–H groups in total. The fourth-order valence-corrected chi connectivity index (χ4v) is 5.52. The van der Waals surface area contributed by atoms with Crippen LogP contribution in [0.4, 0.5) is 13.2 Å². The summed E-state index contributed by atoms with van der Waals surface area (Å²) in [6.07, 6.45) is -3.03. The Labute approximate surface area is 187 Å². The first-order chi connectivity index (χ1) is 15.0. The van der Waals surface area contributed by atoms with Crippen molar-refractivity contribution < 1.29 is 26.4 Å². The summed E-state index contributed by atoms with van der Waals surface area (Å²) in [6, 6.07) is 10.00. The number of hydrogen-bond donors (Lipinski definition) is 0. The fourth-order valence-electron chi connectivity index (χ4n) is 3.85. The van der Waals surface area contributed by atoms with Gasteiger partial charge in [0.25, 0.3) is 5.91 Å². The number of benzene rings is 2. The normalized spacial score (nSPS) is 16.0. The van der Waals surface area contributed by atoms with Gasteiger partial charge in [-0.25, -0.2) is 8.42 Å². The molecule has 0 radical (unpaired) electrons. The Morgan fingerprint density at radius 3 is 2.34 bits per heavy atom. The summed E-state index contributed by atoms with van der Waals surface area (Å²) in [5, 5.41) is 0.234. The number of piperazine rings is 1. The Hall–Kier alpha value is -2.56. The Bertz CT molecular complexity index is 1300. The van der Waals surface area contributed by atoms with Crippen molar-refractivity contribution >= 4 is 38.4 Å². The number of aryl methyl sites for hydroxylation is 1. The predicted octanol–water partition coefficient (Wildman–Crippen LogP) is 4.00. The molecule has 1 saturated heterocycles. The topological polar surface area (TPSA) is 62.6 Å². The third kappa shape index (κ3) is 3.98. The van der Waals surface area contributed by atoms with Crippen molar-refractivity contribution in [2.24, 2.45) is 7.05 Å². The highest BCUT2D eigenvalue weighted by Crippen LogP contribution is 2.36. The Kier molecular flexibility index (Phi) is 5.72. The van der Waals surface area contributed by atoms with Gasteiger partial charge in [-0.15, -0.1) is 0 Å². The molecule has 1 aliphatic rings. The number of rotatable bonds is 3. The Morgan fingerprint density at radius 2 is 1.69 bits per heavy atom. The quantitative estimate of drug-likeness (QED) is 0.563. The summed E-state index contributed by atoms with van der Waals surface area (Å²) < 4.78 is 68.2. The maximum absolute atomic E-state index is 13.1. The molecular weight excluding hydrogens is 467 g/mol. The number of alkyl halides is 3. The molecule has 0 saturated carbocycles. The first-order valence-corrected chi connectivity index (χ1v) is 11.5. The molecule has 6 nitrogen and oxygen atoms in total. The molecule has 170 valence electrons. The summed E-state index contributed by atoms with van der Waals surface area (Å²) in [5.41, 5.74) is 0.220. The molecule has 0 atom stereocenters. The average molecular weight is 486 g/mol.